The quantitative estimate of drug-likeness (QED) is 0.457. The maximum Gasteiger partial charge on any atom is 0.324 e. The molecule has 0 fully saturated rings. The van der Waals surface area contributed by atoms with Crippen LogP contribution < -0.4 is 4.90 Å². The average Bonchev–Trinajstić information content (AvgIpc) is 3.25. The van der Waals surface area contributed by atoms with Crippen LogP contribution in [0.1, 0.15) is 20.8 Å². The molecule has 9 heteroatoms. The lowest BCUT2D eigenvalue weighted by atomic mass is 10.1. The standard InChI is InChI=1S/C18H20N4O3S2/c1-11-5-6-13-16(12(11)2)19-18(27-13)21(10-9-20(3)4)17(23)14-7-8-15(26-14)22(24)25/h5-8H,9-10H2,1-4H3. The molecule has 0 radical (unpaired) electrons. The molecule has 7 nitrogen and oxygen atoms in total. The second kappa shape index (κ2) is 7.71. The molecule has 0 bridgehead atoms. The van der Waals surface area contributed by atoms with Crippen LogP contribution in [-0.2, 0) is 0 Å². The summed E-state index contributed by atoms with van der Waals surface area (Å²) in [7, 11) is 3.87. The molecule has 2 heterocycles. The molecule has 0 saturated carbocycles. The van der Waals surface area contributed by atoms with Crippen LogP contribution in [0.25, 0.3) is 10.2 Å². The van der Waals surface area contributed by atoms with Gasteiger partial charge in [-0.05, 0) is 51.2 Å². The summed E-state index contributed by atoms with van der Waals surface area (Å²) in [5.74, 6) is -0.261. The van der Waals surface area contributed by atoms with E-state index < -0.39 is 4.92 Å². The number of nitro groups is 1. The molecule has 2 aromatic heterocycles. The number of thiophene rings is 1. The van der Waals surface area contributed by atoms with Gasteiger partial charge >= 0.3 is 5.00 Å². The van der Waals surface area contributed by atoms with Gasteiger partial charge in [-0.15, -0.1) is 0 Å². The van der Waals surface area contributed by atoms with E-state index in [9.17, 15) is 14.9 Å². The van der Waals surface area contributed by atoms with Crippen molar-refractivity contribution in [3.63, 3.8) is 0 Å². The molecule has 3 aromatic rings. The van der Waals surface area contributed by atoms with E-state index in [4.69, 9.17) is 4.98 Å². The van der Waals surface area contributed by atoms with Crippen molar-refractivity contribution in [3.8, 4) is 0 Å². The number of fused-ring (bicyclic) bond motifs is 1. The number of nitrogens with zero attached hydrogens (tertiary/aromatic N) is 4. The molecule has 142 valence electrons. The number of aromatic nitrogens is 1. The first-order chi connectivity index (χ1) is 12.8. The van der Waals surface area contributed by atoms with Gasteiger partial charge in [-0.2, -0.15) is 0 Å². The molecule has 0 atom stereocenters. The van der Waals surface area contributed by atoms with Crippen molar-refractivity contribution in [1.82, 2.24) is 9.88 Å². The Kier molecular flexibility index (Phi) is 5.54. The third kappa shape index (κ3) is 4.00. The Morgan fingerprint density at radius 1 is 1.15 bits per heavy atom. The van der Waals surface area contributed by atoms with Crippen molar-refractivity contribution in [1.29, 1.82) is 0 Å². The Morgan fingerprint density at radius 3 is 2.52 bits per heavy atom. The number of likely N-dealkylation sites (N-methyl/N-ethyl adjacent to an activating group) is 1. The highest BCUT2D eigenvalue weighted by molar-refractivity contribution is 7.22. The van der Waals surface area contributed by atoms with Gasteiger partial charge in [0.2, 0.25) is 0 Å². The van der Waals surface area contributed by atoms with Gasteiger partial charge in [0.25, 0.3) is 5.91 Å². The monoisotopic (exact) mass is 404 g/mol. The van der Waals surface area contributed by atoms with Crippen LogP contribution in [0, 0.1) is 24.0 Å². The summed E-state index contributed by atoms with van der Waals surface area (Å²) in [5, 5.41) is 11.5. The third-order valence-electron chi connectivity index (χ3n) is 4.30. The van der Waals surface area contributed by atoms with Crippen molar-refractivity contribution in [3.05, 3.63) is 50.4 Å². The number of hydrogen-bond donors (Lipinski definition) is 0. The lowest BCUT2D eigenvalue weighted by Crippen LogP contribution is -2.36. The molecule has 1 amide bonds. The lowest BCUT2D eigenvalue weighted by Gasteiger charge is -2.21. The largest absolute Gasteiger partial charge is 0.324 e. The molecule has 0 spiro atoms. The molecule has 0 saturated heterocycles. The molecule has 0 aliphatic rings. The van der Waals surface area contributed by atoms with E-state index in [0.29, 0.717) is 23.1 Å². The number of benzene rings is 1. The maximum atomic E-state index is 13.1. The molecule has 0 N–H and O–H groups in total. The Bertz CT molecular complexity index is 1010. The Labute approximate surface area is 165 Å². The molecule has 0 aliphatic carbocycles. The molecule has 27 heavy (non-hydrogen) atoms. The fourth-order valence-electron chi connectivity index (χ4n) is 2.59. The predicted octanol–water partition coefficient (Wildman–Crippen LogP) is 4.09. The number of carbonyl (C=O) groups excluding carboxylic acids is 1. The molecular weight excluding hydrogens is 384 g/mol. The van der Waals surface area contributed by atoms with Gasteiger partial charge < -0.3 is 4.90 Å². The minimum atomic E-state index is -0.477. The Hall–Kier alpha value is -2.36. The van der Waals surface area contributed by atoms with Crippen molar-refractivity contribution in [2.24, 2.45) is 0 Å². The number of aryl methyl sites for hydroxylation is 2. The van der Waals surface area contributed by atoms with E-state index in [1.165, 1.54) is 23.5 Å². The highest BCUT2D eigenvalue weighted by Crippen LogP contribution is 2.34. The van der Waals surface area contributed by atoms with Crippen LogP contribution in [0.15, 0.2) is 24.3 Å². The van der Waals surface area contributed by atoms with E-state index in [0.717, 1.165) is 32.7 Å². The van der Waals surface area contributed by atoms with Crippen LogP contribution in [0.2, 0.25) is 0 Å². The third-order valence-corrected chi connectivity index (χ3v) is 6.37. The summed E-state index contributed by atoms with van der Waals surface area (Å²) in [4.78, 5) is 32.2. The van der Waals surface area contributed by atoms with Gasteiger partial charge in [0.05, 0.1) is 20.0 Å². The highest BCUT2D eigenvalue weighted by Gasteiger charge is 2.25. The predicted molar refractivity (Wildman–Crippen MR) is 110 cm³/mol. The maximum absolute atomic E-state index is 13.1. The first-order valence-corrected chi connectivity index (χ1v) is 9.99. The van der Waals surface area contributed by atoms with Crippen molar-refractivity contribution < 1.29 is 9.72 Å². The van der Waals surface area contributed by atoms with Gasteiger partial charge in [-0.1, -0.05) is 28.7 Å². The van der Waals surface area contributed by atoms with E-state index in [2.05, 4.69) is 0 Å². The van der Waals surface area contributed by atoms with E-state index in [-0.39, 0.29) is 10.9 Å². The van der Waals surface area contributed by atoms with E-state index >= 15 is 0 Å². The minimum Gasteiger partial charge on any atom is -0.308 e. The van der Waals surface area contributed by atoms with Crippen molar-refractivity contribution in [2.45, 2.75) is 13.8 Å². The first kappa shape index (κ1) is 19.4. The second-order valence-corrected chi connectivity index (χ2v) is 8.58. The van der Waals surface area contributed by atoms with Gasteiger partial charge in [0, 0.05) is 19.2 Å². The summed E-state index contributed by atoms with van der Waals surface area (Å²) in [6.07, 6.45) is 0. The molecule has 0 unspecified atom stereocenters. The topological polar surface area (TPSA) is 79.6 Å². The second-order valence-electron chi connectivity index (χ2n) is 6.51. The number of hydrogen-bond acceptors (Lipinski definition) is 7. The Balaban J connectivity index is 2.01. The zero-order chi connectivity index (χ0) is 19.7. The fourth-order valence-corrected chi connectivity index (χ4v) is 4.41. The number of anilines is 1. The fraction of sp³-hybridized carbons (Fsp3) is 0.333. The minimum absolute atomic E-state index is 0.0401. The normalized spacial score (nSPS) is 11.3. The van der Waals surface area contributed by atoms with Gasteiger partial charge in [-0.25, -0.2) is 4.98 Å². The number of amides is 1. The van der Waals surface area contributed by atoms with Crippen LogP contribution in [-0.4, -0.2) is 47.9 Å². The first-order valence-electron chi connectivity index (χ1n) is 8.35. The van der Waals surface area contributed by atoms with Crippen LogP contribution in [0.5, 0.6) is 0 Å². The summed E-state index contributed by atoms with van der Waals surface area (Å²) < 4.78 is 1.02. The zero-order valence-electron chi connectivity index (χ0n) is 15.6. The van der Waals surface area contributed by atoms with Crippen LogP contribution in [0.4, 0.5) is 10.1 Å². The molecule has 1 aromatic carbocycles. The van der Waals surface area contributed by atoms with E-state index in [1.54, 1.807) is 4.90 Å². The average molecular weight is 405 g/mol. The summed E-state index contributed by atoms with van der Waals surface area (Å²) in [5.41, 5.74) is 3.15. The zero-order valence-corrected chi connectivity index (χ0v) is 17.2. The highest BCUT2D eigenvalue weighted by atomic mass is 32.1. The van der Waals surface area contributed by atoms with Crippen LogP contribution >= 0.6 is 22.7 Å². The lowest BCUT2D eigenvalue weighted by molar-refractivity contribution is -0.380. The number of thiazole rings is 1. The summed E-state index contributed by atoms with van der Waals surface area (Å²) in [6.45, 7) is 5.17. The Morgan fingerprint density at radius 2 is 1.89 bits per heavy atom. The van der Waals surface area contributed by atoms with Crippen molar-refractivity contribution in [2.75, 3.05) is 32.1 Å². The summed E-state index contributed by atoms with van der Waals surface area (Å²) >= 11 is 2.35. The SMILES string of the molecule is Cc1ccc2sc(N(CCN(C)C)C(=O)c3ccc([N+](=O)[O-])s3)nc2c1C. The molecular formula is C18H20N4O3S2. The van der Waals surface area contributed by atoms with Crippen LogP contribution in [0.3, 0.4) is 0 Å². The summed E-state index contributed by atoms with van der Waals surface area (Å²) in [6, 6.07) is 6.95. The molecule has 0 aliphatic heterocycles. The molecule has 3 rings (SSSR count). The van der Waals surface area contributed by atoms with Gasteiger partial charge in [-0.3, -0.25) is 19.8 Å². The smallest absolute Gasteiger partial charge is 0.308 e. The number of carbonyl (C=O) groups is 1. The number of rotatable bonds is 6. The van der Waals surface area contributed by atoms with Gasteiger partial charge in [0.1, 0.15) is 0 Å². The van der Waals surface area contributed by atoms with E-state index in [1.807, 2.05) is 45.0 Å². The van der Waals surface area contributed by atoms with Crippen molar-refractivity contribution >= 4 is 48.9 Å². The van der Waals surface area contributed by atoms with Gasteiger partial charge in [0.15, 0.2) is 5.13 Å².